The molecule has 8 aliphatic rings. The Labute approximate surface area is 748 Å². The lowest BCUT2D eigenvalue weighted by Gasteiger charge is -2.44. The van der Waals surface area contributed by atoms with E-state index in [2.05, 4.69) is 42.0 Å². The predicted octanol–water partition coefficient (Wildman–Crippen LogP) is 10.1. The van der Waals surface area contributed by atoms with Crippen LogP contribution in [0.2, 0.25) is 0 Å². The first-order valence-corrected chi connectivity index (χ1v) is 44.9. The van der Waals surface area contributed by atoms with Gasteiger partial charge in [-0.25, -0.2) is 30.7 Å². The molecule has 8 atom stereocenters. The predicted molar refractivity (Wildman–Crippen MR) is 465 cm³/mol. The van der Waals surface area contributed by atoms with Gasteiger partial charge in [-0.05, 0) is 79.5 Å². The van der Waals surface area contributed by atoms with Crippen LogP contribution in [0.4, 0.5) is 30.7 Å². The molecule has 129 heavy (non-hydrogen) atoms. The smallest absolute Gasteiger partial charge is 0.275 e. The van der Waals surface area contributed by atoms with Gasteiger partial charge < -0.3 is 84.3 Å². The zero-order chi connectivity index (χ0) is 92.2. The number of halogens is 7. The molecule has 12 heterocycles. The number of aromatic nitrogens is 4. The molecule has 0 spiro atoms. The molecule has 4 fully saturated rings. The van der Waals surface area contributed by atoms with Crippen LogP contribution >= 0.6 is 47.0 Å². The van der Waals surface area contributed by atoms with Crippen molar-refractivity contribution in [2.75, 3.05) is 39.9 Å². The monoisotopic (exact) mass is 1860 g/mol. The van der Waals surface area contributed by atoms with Gasteiger partial charge in [0, 0.05) is 140 Å². The maximum atomic E-state index is 13.9. The fourth-order valence-electron chi connectivity index (χ4n) is 16.2. The van der Waals surface area contributed by atoms with Crippen LogP contribution in [0.25, 0.3) is 0 Å². The van der Waals surface area contributed by atoms with Crippen LogP contribution in [0.15, 0.2) is 153 Å². The van der Waals surface area contributed by atoms with Gasteiger partial charge in [-0.15, -0.1) is 47.0 Å². The largest absolute Gasteiger partial charge is 0.503 e. The minimum absolute atomic E-state index is 0.0402. The first kappa shape index (κ1) is 92.9. The van der Waals surface area contributed by atoms with E-state index in [1.807, 2.05) is 30.3 Å². The fourth-order valence-corrected chi connectivity index (χ4v) is 22.3. The molecule has 0 bridgehead atoms. The number of methoxy groups -OCH3 is 1. The zero-order valence-corrected chi connectivity index (χ0v) is 72.8. The van der Waals surface area contributed by atoms with Gasteiger partial charge in [-0.3, -0.25) is 57.5 Å². The summed E-state index contributed by atoms with van der Waals surface area (Å²) in [7, 11) is 1.63. The van der Waals surface area contributed by atoms with Crippen molar-refractivity contribution in [3.05, 3.63) is 288 Å². The molecular weight excluding hydrogens is 1770 g/mol. The summed E-state index contributed by atoms with van der Waals surface area (Å²) < 4.78 is 105. The zero-order valence-electron chi connectivity index (χ0n) is 69.6. The Morgan fingerprint density at radius 1 is 0.411 bits per heavy atom. The summed E-state index contributed by atoms with van der Waals surface area (Å²) in [6.45, 7) is 9.56. The van der Waals surface area contributed by atoms with E-state index in [1.165, 1.54) is 85.5 Å². The molecule has 17 rings (SSSR count). The molecule has 40 heteroatoms. The van der Waals surface area contributed by atoms with E-state index in [0.29, 0.717) is 92.6 Å². The van der Waals surface area contributed by atoms with E-state index >= 15 is 0 Å². The highest BCUT2D eigenvalue weighted by molar-refractivity contribution is 8.01. The van der Waals surface area contributed by atoms with E-state index in [-0.39, 0.29) is 132 Å². The number of hydrogen-bond acceptors (Lipinski definition) is 21. The molecule has 8 amide bonds. The highest BCUT2D eigenvalue weighted by Gasteiger charge is 2.46. The van der Waals surface area contributed by atoms with Crippen molar-refractivity contribution < 1.29 is 94.3 Å². The van der Waals surface area contributed by atoms with E-state index in [1.54, 1.807) is 73.8 Å². The summed E-state index contributed by atoms with van der Waals surface area (Å²) in [6.07, 6.45) is 9.26. The third-order valence-corrected chi connectivity index (χ3v) is 29.7. The normalized spacial score (nSPS) is 19.9. The number of fused-ring (bicyclic) bond motifs is 8. The summed E-state index contributed by atoms with van der Waals surface area (Å²) >= 11 is 6.58. The summed E-state index contributed by atoms with van der Waals surface area (Å²) in [5, 5.41) is 52.2. The van der Waals surface area contributed by atoms with Gasteiger partial charge in [0.2, 0.25) is 21.7 Å². The molecule has 8 unspecified atom stereocenters. The maximum absolute atomic E-state index is 13.9. The van der Waals surface area contributed by atoms with Gasteiger partial charge in [0.1, 0.15) is 63.0 Å². The Morgan fingerprint density at radius 3 is 1.09 bits per heavy atom. The van der Waals surface area contributed by atoms with Crippen LogP contribution in [0.1, 0.15) is 169 Å². The number of aromatic hydroxyl groups is 4. The summed E-state index contributed by atoms with van der Waals surface area (Å²) in [5.74, 6) is -12.6. The van der Waals surface area contributed by atoms with Crippen LogP contribution in [-0.4, -0.2) is 183 Å². The number of thioether (sulfide) groups is 4. The Kier molecular flexibility index (Phi) is 28.6. The van der Waals surface area contributed by atoms with Gasteiger partial charge in [-0.2, -0.15) is 0 Å². The number of nitrogens with one attached hydrogen (secondary N) is 4. The van der Waals surface area contributed by atoms with E-state index in [0.717, 1.165) is 55.9 Å². The van der Waals surface area contributed by atoms with Crippen molar-refractivity contribution in [1.29, 1.82) is 0 Å². The third-order valence-electron chi connectivity index (χ3n) is 23.1. The number of carbonyl (C=O) groups is 8. The fraction of sp³-hybridized carbons (Fsp3) is 0.348. The maximum Gasteiger partial charge on any atom is 0.275 e. The average molecular weight is 1860 g/mol. The molecule has 4 saturated heterocycles. The molecule has 4 aromatic heterocycles. The van der Waals surface area contributed by atoms with Gasteiger partial charge in [0.05, 0.1) is 54.3 Å². The molecule has 0 saturated carbocycles. The van der Waals surface area contributed by atoms with Crippen LogP contribution < -0.4 is 43.0 Å². The van der Waals surface area contributed by atoms with Gasteiger partial charge >= 0.3 is 0 Å². The van der Waals surface area contributed by atoms with Crippen LogP contribution in [0.5, 0.6) is 23.0 Å². The van der Waals surface area contributed by atoms with Gasteiger partial charge in [0.25, 0.3) is 47.3 Å². The number of amides is 8. The molecule has 29 nitrogen and oxygen atoms in total. The van der Waals surface area contributed by atoms with Gasteiger partial charge in [0.15, 0.2) is 45.8 Å². The Hall–Kier alpha value is -12.3. The Morgan fingerprint density at radius 2 is 0.736 bits per heavy atom. The summed E-state index contributed by atoms with van der Waals surface area (Å²) in [5.41, 5.74) is -3.67. The number of rotatable bonds is 17. The number of nitrogens with zero attached hydrogens (tertiary/aromatic N) is 8. The van der Waals surface area contributed by atoms with Crippen LogP contribution in [0, 0.1) is 46.6 Å². The minimum atomic E-state index is -0.980. The molecule has 5 aromatic carbocycles. The van der Waals surface area contributed by atoms with Crippen molar-refractivity contribution in [2.45, 2.75) is 148 Å². The summed E-state index contributed by atoms with van der Waals surface area (Å²) in [4.78, 5) is 160. The molecular formula is C89H87F7N12O17S4. The summed E-state index contributed by atoms with van der Waals surface area (Å²) in [6, 6.07) is 24.4. The Balaban J connectivity index is 0.000000139. The molecule has 8 N–H and O–H groups in total. The second kappa shape index (κ2) is 39.8. The highest BCUT2D eigenvalue weighted by atomic mass is 32.2. The second-order valence-corrected chi connectivity index (χ2v) is 37.5. The molecule has 0 radical (unpaired) electrons. The topological polar surface area (TPSA) is 376 Å². The lowest BCUT2D eigenvalue weighted by atomic mass is 10.1. The quantitative estimate of drug-likeness (QED) is 0.0393. The number of benzene rings is 5. The van der Waals surface area contributed by atoms with E-state index in [4.69, 9.17) is 4.74 Å². The standard InChI is InChI=1S/C25H21F2N3O4S.C22H23F2N3O4S.C21H21F2N3O4S.C21H22FN3O5S/c26-16-7-6-15(18(27)10-16)11-28-24(33)17-12-29-13-20-30(25(34)21(29)23(32)22(17)31)9-8-19(35-20)14-4-2-1-3-5-14;1-11(2)16-5-6-27-17(32-16)10-26-9-14(19(28)20(29)18(26)22(27)31)21(30)25-8-12-3-4-13(23)7-15(12)24;1-2-13-5-6-26-16(31-13)10-25-9-14(18(27)19(28)17(25)21(26)30)20(29)24-8-11-3-4-12(22)7-15(11)23;1-30-11-14-6-7-25-16(31-14)10-24-9-15(18(26)19(27)17(24)21(25)29)20(28)23-8-12-2-4-13(22)5-3-12/h1-7,10,12,19-20,32H,8-9,11,13H2,(H,28,33);3-4,7,9,11,16-17,29H,5-6,8,10H2,1-2H3,(H,25,30);3-4,7,9,13,16,28H,2,5-6,8,10H2,1H3,(H,24,29);2-5,9,14,16,27H,6-8,10-11H2,1H3,(H,23,28). The van der Waals surface area contributed by atoms with Crippen LogP contribution in [-0.2, 0) is 57.1 Å². The third kappa shape index (κ3) is 20.0. The second-order valence-electron chi connectivity index (χ2n) is 31.8. The molecule has 678 valence electrons. The lowest BCUT2D eigenvalue weighted by molar-refractivity contribution is 0.0639. The lowest BCUT2D eigenvalue weighted by Crippen LogP contribution is -2.52. The Bertz CT molecular complexity index is 6190. The number of hydrogen-bond donors (Lipinski definition) is 8. The van der Waals surface area contributed by atoms with Crippen LogP contribution in [0.3, 0.4) is 0 Å². The number of carbonyl (C=O) groups excluding carboxylic acids is 8. The average Bonchev–Trinajstić information content (AvgIpc) is 0.762. The van der Waals surface area contributed by atoms with Crippen molar-refractivity contribution >= 4 is 94.3 Å². The first-order valence-electron chi connectivity index (χ1n) is 41.1. The number of pyridine rings is 4. The first-order chi connectivity index (χ1) is 61.7. The SMILES string of the molecule is CC(C)C1CCN2C(=O)c3c(O)c(=O)c(C(=O)NCc4ccc(F)cc4F)cn3CC2S1.CCC1CCN2C(=O)c3c(O)c(=O)c(C(=O)NCc4ccc(F)cc4F)cn3CC2S1.COCC1CCN2C(=O)c3c(O)c(=O)c(C(=O)NCc4ccc(F)cc4)cn3CC2S1.O=C(NCc1ccc(F)cc1F)c1cn2c(c(O)c1=O)C(=O)N1CCC(c3ccccc3)SC1C2. The van der Waals surface area contributed by atoms with E-state index < -0.39 is 127 Å². The van der Waals surface area contributed by atoms with Crippen molar-refractivity contribution in [2.24, 2.45) is 5.92 Å². The molecule has 9 aromatic rings. The van der Waals surface area contributed by atoms with Crippen molar-refractivity contribution in [3.63, 3.8) is 0 Å². The highest BCUT2D eigenvalue weighted by Crippen LogP contribution is 2.45. The van der Waals surface area contributed by atoms with Gasteiger partial charge in [-0.1, -0.05) is 81.4 Å². The molecule has 0 aliphatic carbocycles. The van der Waals surface area contributed by atoms with Crippen molar-refractivity contribution in [3.8, 4) is 23.0 Å². The van der Waals surface area contributed by atoms with E-state index in [9.17, 15) is 109 Å². The number of ether oxygens (including phenoxy) is 1. The minimum Gasteiger partial charge on any atom is -0.503 e. The van der Waals surface area contributed by atoms with Crippen molar-refractivity contribution in [1.82, 2.24) is 59.1 Å². The molecule has 8 aliphatic heterocycles.